The molecular weight excluding hydrogens is 100 g/mol. The zero-order chi connectivity index (χ0) is 5.98. The van der Waals surface area contributed by atoms with Gasteiger partial charge >= 0.3 is 0 Å². The molecule has 2 atom stereocenters. The summed E-state index contributed by atoms with van der Waals surface area (Å²) in [5.74, 6) is 0.843. The minimum absolute atomic E-state index is 0.667. The molecule has 1 heterocycles. The predicted octanol–water partition coefficient (Wildman–Crippen LogP) is 0.509. The zero-order valence-electron chi connectivity index (χ0n) is 5.57. The van der Waals surface area contributed by atoms with E-state index in [2.05, 4.69) is 24.7 Å². The molecule has 2 unspecified atom stereocenters. The van der Waals surface area contributed by atoms with Crippen molar-refractivity contribution in [3.63, 3.8) is 0 Å². The van der Waals surface area contributed by atoms with Gasteiger partial charge in [0.2, 0.25) is 0 Å². The highest BCUT2D eigenvalue weighted by molar-refractivity contribution is 4.76. The Balaban J connectivity index is 2.30. The molecule has 0 aromatic heterocycles. The summed E-state index contributed by atoms with van der Waals surface area (Å²) in [5.41, 5.74) is 6.29. The molecule has 0 bridgehead atoms. The Kier molecular flexibility index (Phi) is 1.86. The first-order valence-corrected chi connectivity index (χ1v) is 3.33. The van der Waals surface area contributed by atoms with Crippen molar-refractivity contribution < 1.29 is 0 Å². The van der Waals surface area contributed by atoms with Crippen LogP contribution in [0.25, 0.3) is 0 Å². The number of hydrogen-bond acceptors (Lipinski definition) is 2. The van der Waals surface area contributed by atoms with Gasteiger partial charge in [0.15, 0.2) is 0 Å². The van der Waals surface area contributed by atoms with Crippen LogP contribution in [-0.4, -0.2) is 12.6 Å². The van der Waals surface area contributed by atoms with Gasteiger partial charge in [0.1, 0.15) is 0 Å². The van der Waals surface area contributed by atoms with E-state index in [0.717, 1.165) is 12.5 Å². The third-order valence-electron chi connectivity index (χ3n) is 1.93. The lowest BCUT2D eigenvalue weighted by atomic mass is 10.0. The van der Waals surface area contributed by atoms with Crippen molar-refractivity contribution in [1.29, 1.82) is 0 Å². The molecule has 0 spiro atoms. The second kappa shape index (κ2) is 2.46. The normalized spacial score (nSPS) is 38.2. The average molecular weight is 114 g/mol. The van der Waals surface area contributed by atoms with Crippen molar-refractivity contribution in [3.8, 4) is 0 Å². The van der Waals surface area contributed by atoms with E-state index >= 15 is 0 Å². The molecule has 2 N–H and O–H groups in total. The van der Waals surface area contributed by atoms with Crippen molar-refractivity contribution in [3.05, 3.63) is 0 Å². The standard InChI is InChI=1S/C6H14N2/c1-3-6-4-7-8-5(6)2/h5-8H,3-4H2,1-2H3. The number of hydrogen-bond donors (Lipinski definition) is 2. The van der Waals surface area contributed by atoms with Crippen LogP contribution < -0.4 is 10.9 Å². The Hall–Kier alpha value is -0.0800. The van der Waals surface area contributed by atoms with Gasteiger partial charge in [-0.05, 0) is 12.8 Å². The second-order valence-corrected chi connectivity index (χ2v) is 2.48. The smallest absolute Gasteiger partial charge is 0.0225 e. The molecule has 48 valence electrons. The summed E-state index contributed by atoms with van der Waals surface area (Å²) in [7, 11) is 0. The summed E-state index contributed by atoms with van der Waals surface area (Å²) in [6.07, 6.45) is 1.28. The molecule has 2 nitrogen and oxygen atoms in total. The summed E-state index contributed by atoms with van der Waals surface area (Å²) in [4.78, 5) is 0. The van der Waals surface area contributed by atoms with Gasteiger partial charge in [0.25, 0.3) is 0 Å². The van der Waals surface area contributed by atoms with E-state index in [1.807, 2.05) is 0 Å². The molecule has 0 aliphatic carbocycles. The van der Waals surface area contributed by atoms with Gasteiger partial charge in [-0.25, -0.2) is 0 Å². The first-order chi connectivity index (χ1) is 3.84. The summed E-state index contributed by atoms with van der Waals surface area (Å²) >= 11 is 0. The first kappa shape index (κ1) is 6.05. The molecule has 0 saturated carbocycles. The lowest BCUT2D eigenvalue weighted by Gasteiger charge is -2.08. The lowest BCUT2D eigenvalue weighted by molar-refractivity contribution is 0.478. The number of nitrogens with one attached hydrogen (secondary N) is 2. The van der Waals surface area contributed by atoms with E-state index in [9.17, 15) is 0 Å². The van der Waals surface area contributed by atoms with Crippen molar-refractivity contribution in [2.75, 3.05) is 6.54 Å². The van der Waals surface area contributed by atoms with Crippen LogP contribution in [0.2, 0.25) is 0 Å². The zero-order valence-corrected chi connectivity index (χ0v) is 5.57. The molecule has 1 saturated heterocycles. The maximum atomic E-state index is 3.17. The summed E-state index contributed by atoms with van der Waals surface area (Å²) in [6, 6.07) is 0.667. The third-order valence-corrected chi connectivity index (χ3v) is 1.93. The van der Waals surface area contributed by atoms with Gasteiger partial charge in [-0.3, -0.25) is 10.9 Å². The summed E-state index contributed by atoms with van der Waals surface area (Å²) in [6.45, 7) is 5.58. The van der Waals surface area contributed by atoms with Gasteiger partial charge < -0.3 is 0 Å². The SMILES string of the molecule is CCC1CNNC1C. The Morgan fingerprint density at radius 2 is 2.38 bits per heavy atom. The minimum atomic E-state index is 0.667. The number of rotatable bonds is 1. The Morgan fingerprint density at radius 1 is 1.62 bits per heavy atom. The molecule has 0 radical (unpaired) electrons. The average Bonchev–Trinajstić information content (AvgIpc) is 2.14. The van der Waals surface area contributed by atoms with Crippen LogP contribution in [0.15, 0.2) is 0 Å². The van der Waals surface area contributed by atoms with Crippen LogP contribution in [-0.2, 0) is 0 Å². The molecule has 1 aliphatic rings. The third kappa shape index (κ3) is 1.01. The molecule has 1 fully saturated rings. The van der Waals surface area contributed by atoms with Crippen LogP contribution in [0.5, 0.6) is 0 Å². The highest BCUT2D eigenvalue weighted by atomic mass is 15.4. The highest BCUT2D eigenvalue weighted by Gasteiger charge is 2.19. The monoisotopic (exact) mass is 114 g/mol. The van der Waals surface area contributed by atoms with Crippen molar-refractivity contribution in [2.24, 2.45) is 5.92 Å². The summed E-state index contributed by atoms with van der Waals surface area (Å²) in [5, 5.41) is 0. The highest BCUT2D eigenvalue weighted by Crippen LogP contribution is 2.09. The van der Waals surface area contributed by atoms with E-state index in [1.54, 1.807) is 0 Å². The largest absolute Gasteiger partial charge is 0.257 e. The van der Waals surface area contributed by atoms with Gasteiger partial charge in [-0.1, -0.05) is 13.3 Å². The number of hydrazine groups is 1. The molecule has 0 amide bonds. The molecule has 1 rings (SSSR count). The van der Waals surface area contributed by atoms with E-state index in [1.165, 1.54) is 6.42 Å². The van der Waals surface area contributed by atoms with Gasteiger partial charge in [-0.2, -0.15) is 0 Å². The Morgan fingerprint density at radius 3 is 2.62 bits per heavy atom. The molecule has 0 aromatic rings. The second-order valence-electron chi connectivity index (χ2n) is 2.48. The van der Waals surface area contributed by atoms with Crippen LogP contribution in [0.3, 0.4) is 0 Å². The topological polar surface area (TPSA) is 24.1 Å². The Labute approximate surface area is 50.6 Å². The van der Waals surface area contributed by atoms with Crippen molar-refractivity contribution >= 4 is 0 Å². The summed E-state index contributed by atoms with van der Waals surface area (Å²) < 4.78 is 0. The van der Waals surface area contributed by atoms with Gasteiger partial charge in [-0.15, -0.1) is 0 Å². The van der Waals surface area contributed by atoms with Crippen LogP contribution in [0.1, 0.15) is 20.3 Å². The fourth-order valence-electron chi connectivity index (χ4n) is 1.14. The van der Waals surface area contributed by atoms with Crippen LogP contribution in [0.4, 0.5) is 0 Å². The van der Waals surface area contributed by atoms with Crippen LogP contribution >= 0.6 is 0 Å². The van der Waals surface area contributed by atoms with Gasteiger partial charge in [0.05, 0.1) is 0 Å². The maximum Gasteiger partial charge on any atom is 0.0225 e. The molecular formula is C6H14N2. The van der Waals surface area contributed by atoms with E-state index in [0.29, 0.717) is 6.04 Å². The maximum absolute atomic E-state index is 3.17. The quantitative estimate of drug-likeness (QED) is 0.519. The first-order valence-electron chi connectivity index (χ1n) is 3.33. The minimum Gasteiger partial charge on any atom is -0.257 e. The Bertz CT molecular complexity index is 72.9. The van der Waals surface area contributed by atoms with Crippen LogP contribution in [0, 0.1) is 5.92 Å². The molecule has 0 aromatic carbocycles. The fourth-order valence-corrected chi connectivity index (χ4v) is 1.14. The molecule has 2 heteroatoms. The van der Waals surface area contributed by atoms with Crippen molar-refractivity contribution in [1.82, 2.24) is 10.9 Å². The molecule has 8 heavy (non-hydrogen) atoms. The van der Waals surface area contributed by atoms with E-state index in [4.69, 9.17) is 0 Å². The molecule has 1 aliphatic heterocycles. The van der Waals surface area contributed by atoms with E-state index < -0.39 is 0 Å². The lowest BCUT2D eigenvalue weighted by Crippen LogP contribution is -2.28. The fraction of sp³-hybridized carbons (Fsp3) is 1.00. The predicted molar refractivity (Wildman–Crippen MR) is 34.4 cm³/mol. The van der Waals surface area contributed by atoms with E-state index in [-0.39, 0.29) is 0 Å². The van der Waals surface area contributed by atoms with Gasteiger partial charge in [0, 0.05) is 12.6 Å². The van der Waals surface area contributed by atoms with Crippen molar-refractivity contribution in [2.45, 2.75) is 26.3 Å².